The number of amides is 1. The van der Waals surface area contributed by atoms with Gasteiger partial charge in [-0.3, -0.25) is 9.59 Å². The maximum Gasteiger partial charge on any atom is 0.307 e. The molecule has 144 valence electrons. The number of hydrogen-bond donors (Lipinski definition) is 1. The van der Waals surface area contributed by atoms with E-state index in [1.165, 1.54) is 18.1 Å². The number of hydrogen-bond acceptors (Lipinski definition) is 5. The van der Waals surface area contributed by atoms with Gasteiger partial charge in [0.15, 0.2) is 0 Å². The lowest BCUT2D eigenvalue weighted by molar-refractivity contribution is -0.142. The van der Waals surface area contributed by atoms with Gasteiger partial charge >= 0.3 is 5.97 Å². The summed E-state index contributed by atoms with van der Waals surface area (Å²) in [6, 6.07) is 7.13. The van der Waals surface area contributed by atoms with Crippen molar-refractivity contribution in [2.75, 3.05) is 26.9 Å². The van der Waals surface area contributed by atoms with E-state index in [0.29, 0.717) is 13.0 Å². The van der Waals surface area contributed by atoms with Gasteiger partial charge in [0.2, 0.25) is 5.91 Å². The minimum absolute atomic E-state index is 0.0933. The van der Waals surface area contributed by atoms with E-state index in [4.69, 9.17) is 4.74 Å². The molecule has 0 bridgehead atoms. The lowest BCUT2D eigenvalue weighted by atomic mass is 10.1. The quantitative estimate of drug-likeness (QED) is 0.483. The van der Waals surface area contributed by atoms with E-state index in [2.05, 4.69) is 4.74 Å². The molecule has 0 fully saturated rings. The molecule has 0 saturated heterocycles. The van der Waals surface area contributed by atoms with Crippen molar-refractivity contribution in [2.24, 2.45) is 0 Å². The SMILES string of the molecule is CCCOc1ccc(/C=C/C(=O)N(CCC(=O)OC)C(CC)CO)cc1. The van der Waals surface area contributed by atoms with Crippen molar-refractivity contribution in [2.45, 2.75) is 39.2 Å². The number of ether oxygens (including phenoxy) is 2. The van der Waals surface area contributed by atoms with Gasteiger partial charge in [-0.25, -0.2) is 0 Å². The average Bonchev–Trinajstić information content (AvgIpc) is 2.68. The topological polar surface area (TPSA) is 76.1 Å². The third-order valence-corrected chi connectivity index (χ3v) is 3.96. The van der Waals surface area contributed by atoms with Gasteiger partial charge in [-0.2, -0.15) is 0 Å². The number of rotatable bonds is 11. The zero-order valence-corrected chi connectivity index (χ0v) is 15.8. The Morgan fingerprint density at radius 1 is 1.23 bits per heavy atom. The van der Waals surface area contributed by atoms with Crippen LogP contribution in [0.25, 0.3) is 6.08 Å². The van der Waals surface area contributed by atoms with Gasteiger partial charge in [0.05, 0.1) is 32.8 Å². The first-order chi connectivity index (χ1) is 12.5. The summed E-state index contributed by atoms with van der Waals surface area (Å²) in [6.45, 7) is 4.66. The normalized spacial score (nSPS) is 12.0. The molecule has 0 radical (unpaired) electrons. The monoisotopic (exact) mass is 363 g/mol. The number of methoxy groups -OCH3 is 1. The number of esters is 1. The molecular weight excluding hydrogens is 334 g/mol. The highest BCUT2D eigenvalue weighted by atomic mass is 16.5. The third kappa shape index (κ3) is 7.27. The summed E-state index contributed by atoms with van der Waals surface area (Å²) in [7, 11) is 1.31. The van der Waals surface area contributed by atoms with Crippen molar-refractivity contribution < 1.29 is 24.2 Å². The van der Waals surface area contributed by atoms with Crippen LogP contribution in [0.15, 0.2) is 30.3 Å². The largest absolute Gasteiger partial charge is 0.494 e. The molecule has 0 saturated carbocycles. The van der Waals surface area contributed by atoms with Crippen molar-refractivity contribution in [3.05, 3.63) is 35.9 Å². The van der Waals surface area contributed by atoms with Crippen LogP contribution >= 0.6 is 0 Å². The maximum atomic E-state index is 12.5. The van der Waals surface area contributed by atoms with E-state index in [0.717, 1.165) is 17.7 Å². The molecule has 0 heterocycles. The lowest BCUT2D eigenvalue weighted by Gasteiger charge is -2.28. The molecule has 6 heteroatoms. The molecule has 1 unspecified atom stereocenters. The van der Waals surface area contributed by atoms with Gasteiger partial charge in [0, 0.05) is 12.6 Å². The van der Waals surface area contributed by atoms with E-state index < -0.39 is 0 Å². The summed E-state index contributed by atoms with van der Waals surface area (Å²) in [4.78, 5) is 25.4. The third-order valence-electron chi connectivity index (χ3n) is 3.96. The molecule has 0 aliphatic heterocycles. The number of aliphatic hydroxyl groups excluding tert-OH is 1. The van der Waals surface area contributed by atoms with Crippen LogP contribution in [0.3, 0.4) is 0 Å². The molecule has 0 aliphatic rings. The van der Waals surface area contributed by atoms with Gasteiger partial charge in [-0.1, -0.05) is 26.0 Å². The molecule has 26 heavy (non-hydrogen) atoms. The Labute approximate surface area is 155 Å². The number of aliphatic hydroxyl groups is 1. The summed E-state index contributed by atoms with van der Waals surface area (Å²) in [5.41, 5.74) is 0.868. The first-order valence-corrected chi connectivity index (χ1v) is 8.94. The number of nitrogens with zero attached hydrogens (tertiary/aromatic N) is 1. The fourth-order valence-electron chi connectivity index (χ4n) is 2.39. The molecule has 1 rings (SSSR count). The summed E-state index contributed by atoms with van der Waals surface area (Å²) < 4.78 is 10.2. The summed E-state index contributed by atoms with van der Waals surface area (Å²) in [5.74, 6) is 0.157. The molecule has 1 aromatic carbocycles. The molecule has 0 aromatic heterocycles. The maximum absolute atomic E-state index is 12.5. The first-order valence-electron chi connectivity index (χ1n) is 8.94. The Morgan fingerprint density at radius 2 is 1.92 bits per heavy atom. The standard InChI is InChI=1S/C20H29NO5/c1-4-14-26-18-9-6-16(7-10-18)8-11-19(23)21(17(5-2)15-22)13-12-20(24)25-3/h6-11,17,22H,4-5,12-15H2,1-3H3/b11-8+. The predicted molar refractivity (Wildman–Crippen MR) is 101 cm³/mol. The van der Waals surface area contributed by atoms with Gasteiger partial charge in [0.25, 0.3) is 0 Å². The van der Waals surface area contributed by atoms with Gasteiger partial charge < -0.3 is 19.5 Å². The summed E-state index contributed by atoms with van der Waals surface area (Å²) in [6.07, 6.45) is 4.80. The van der Waals surface area contributed by atoms with Gasteiger partial charge in [-0.05, 0) is 36.6 Å². The van der Waals surface area contributed by atoms with Crippen LogP contribution in [0, 0.1) is 0 Å². The molecule has 1 atom stereocenters. The molecule has 1 aromatic rings. The number of benzene rings is 1. The van der Waals surface area contributed by atoms with E-state index in [9.17, 15) is 14.7 Å². The smallest absolute Gasteiger partial charge is 0.307 e. The lowest BCUT2D eigenvalue weighted by Crippen LogP contribution is -2.42. The summed E-state index contributed by atoms with van der Waals surface area (Å²) >= 11 is 0. The zero-order valence-electron chi connectivity index (χ0n) is 15.8. The van der Waals surface area contributed by atoms with E-state index in [1.54, 1.807) is 6.08 Å². The first kappa shape index (κ1) is 21.7. The molecule has 6 nitrogen and oxygen atoms in total. The highest BCUT2D eigenvalue weighted by Gasteiger charge is 2.21. The minimum Gasteiger partial charge on any atom is -0.494 e. The Morgan fingerprint density at radius 3 is 2.46 bits per heavy atom. The Kier molecular flexibility index (Phi) is 10.1. The summed E-state index contributed by atoms with van der Waals surface area (Å²) in [5, 5.41) is 9.51. The molecule has 0 aliphatic carbocycles. The molecular formula is C20H29NO5. The van der Waals surface area contributed by atoms with Crippen LogP contribution in [0.4, 0.5) is 0 Å². The highest BCUT2D eigenvalue weighted by molar-refractivity contribution is 5.92. The second kappa shape index (κ2) is 12.1. The van der Waals surface area contributed by atoms with E-state index in [-0.39, 0.29) is 37.5 Å². The van der Waals surface area contributed by atoms with Crippen LogP contribution in [0.5, 0.6) is 5.75 Å². The van der Waals surface area contributed by atoms with Crippen LogP contribution in [0.1, 0.15) is 38.7 Å². The van der Waals surface area contributed by atoms with Crippen molar-refractivity contribution in [1.82, 2.24) is 4.90 Å². The highest BCUT2D eigenvalue weighted by Crippen LogP contribution is 2.14. The number of carbonyl (C=O) groups excluding carboxylic acids is 2. The fraction of sp³-hybridized carbons (Fsp3) is 0.500. The molecule has 0 spiro atoms. The fourth-order valence-corrected chi connectivity index (χ4v) is 2.39. The van der Waals surface area contributed by atoms with Crippen molar-refractivity contribution in [1.29, 1.82) is 0 Å². The van der Waals surface area contributed by atoms with Crippen molar-refractivity contribution >= 4 is 18.0 Å². The minimum atomic E-state index is -0.387. The van der Waals surface area contributed by atoms with Crippen LogP contribution in [-0.2, 0) is 14.3 Å². The molecule has 1 amide bonds. The van der Waals surface area contributed by atoms with Gasteiger partial charge in [-0.15, -0.1) is 0 Å². The number of carbonyl (C=O) groups is 2. The zero-order chi connectivity index (χ0) is 19.4. The molecule has 1 N–H and O–H groups in total. The second-order valence-electron chi connectivity index (χ2n) is 5.85. The average molecular weight is 363 g/mol. The van der Waals surface area contributed by atoms with Crippen LogP contribution in [0.2, 0.25) is 0 Å². The van der Waals surface area contributed by atoms with Gasteiger partial charge in [0.1, 0.15) is 5.75 Å². The van der Waals surface area contributed by atoms with Crippen LogP contribution < -0.4 is 4.74 Å². The van der Waals surface area contributed by atoms with Crippen LogP contribution in [-0.4, -0.2) is 54.8 Å². The predicted octanol–water partition coefficient (Wildman–Crippen LogP) is 2.65. The van der Waals surface area contributed by atoms with E-state index in [1.807, 2.05) is 38.1 Å². The van der Waals surface area contributed by atoms with E-state index >= 15 is 0 Å². The Hall–Kier alpha value is -2.34. The second-order valence-corrected chi connectivity index (χ2v) is 5.85. The van der Waals surface area contributed by atoms with Crippen molar-refractivity contribution in [3.8, 4) is 5.75 Å². The van der Waals surface area contributed by atoms with Crippen molar-refractivity contribution in [3.63, 3.8) is 0 Å². The Bertz CT molecular complexity index is 578. The Balaban J connectivity index is 2.76.